The lowest BCUT2D eigenvalue weighted by atomic mass is 9.95. The van der Waals surface area contributed by atoms with Gasteiger partial charge in [0, 0.05) is 22.8 Å². The Hall–Kier alpha value is -0.0900. The molecule has 2 N–H and O–H groups in total. The third-order valence-corrected chi connectivity index (χ3v) is 4.34. The van der Waals surface area contributed by atoms with Crippen LogP contribution in [0.25, 0.3) is 0 Å². The molecule has 1 aromatic rings. The van der Waals surface area contributed by atoms with Crippen LogP contribution in [0.4, 0.5) is 0 Å². The lowest BCUT2D eigenvalue weighted by molar-refractivity contribution is 0.164. The molecule has 0 saturated carbocycles. The summed E-state index contributed by atoms with van der Waals surface area (Å²) in [7, 11) is 0. The molecule has 1 aromatic heterocycles. The molecular weight excluding hydrogens is 252 g/mol. The summed E-state index contributed by atoms with van der Waals surface area (Å²) >= 11 is 1.93. The fourth-order valence-corrected chi connectivity index (χ4v) is 3.49. The van der Waals surface area contributed by atoms with E-state index in [2.05, 4.69) is 24.0 Å². The molecule has 1 aliphatic heterocycles. The Kier molecular flexibility index (Phi) is 6.49. The zero-order chi connectivity index (χ0) is 11.4. The normalized spacial score (nSPS) is 21.2. The Balaban J connectivity index is 0.00000144. The summed E-state index contributed by atoms with van der Waals surface area (Å²) in [5, 5.41) is 0. The third-order valence-electron chi connectivity index (χ3n) is 3.35. The van der Waals surface area contributed by atoms with Gasteiger partial charge in [0.15, 0.2) is 0 Å². The molecule has 17 heavy (non-hydrogen) atoms. The van der Waals surface area contributed by atoms with Gasteiger partial charge in [-0.2, -0.15) is 0 Å². The molecule has 2 rings (SSSR count). The maximum Gasteiger partial charge on any atom is 0.0328 e. The third kappa shape index (κ3) is 4.59. The Morgan fingerprint density at radius 2 is 2.29 bits per heavy atom. The molecule has 2 nitrogen and oxygen atoms in total. The molecule has 2 heterocycles. The predicted octanol–water partition coefficient (Wildman–Crippen LogP) is 3.04. The number of hydrogen-bond acceptors (Lipinski definition) is 3. The lowest BCUT2D eigenvalue weighted by Crippen LogP contribution is -2.35. The Morgan fingerprint density at radius 1 is 1.47 bits per heavy atom. The van der Waals surface area contributed by atoms with Gasteiger partial charge in [0.25, 0.3) is 0 Å². The van der Waals surface area contributed by atoms with Crippen molar-refractivity contribution in [2.45, 2.75) is 32.7 Å². The van der Waals surface area contributed by atoms with E-state index in [1.54, 1.807) is 0 Å². The van der Waals surface area contributed by atoms with Crippen molar-refractivity contribution >= 4 is 23.7 Å². The number of rotatable bonds is 4. The molecule has 1 fully saturated rings. The number of aryl methyl sites for hydroxylation is 1. The molecule has 1 aliphatic rings. The van der Waals surface area contributed by atoms with Gasteiger partial charge in [0.2, 0.25) is 0 Å². The molecule has 1 unspecified atom stereocenters. The van der Waals surface area contributed by atoms with Gasteiger partial charge in [0.1, 0.15) is 0 Å². The van der Waals surface area contributed by atoms with E-state index in [1.807, 2.05) is 11.3 Å². The van der Waals surface area contributed by atoms with Crippen molar-refractivity contribution in [3.8, 4) is 0 Å². The number of piperidine rings is 1. The molecule has 0 amide bonds. The molecule has 0 aliphatic carbocycles. The summed E-state index contributed by atoms with van der Waals surface area (Å²) in [6.07, 6.45) is 3.91. The minimum absolute atomic E-state index is 0. The van der Waals surface area contributed by atoms with Crippen LogP contribution in [0.5, 0.6) is 0 Å². The van der Waals surface area contributed by atoms with Crippen molar-refractivity contribution in [2.75, 3.05) is 19.6 Å². The Bertz CT molecular complexity index is 325. The van der Waals surface area contributed by atoms with Crippen LogP contribution in [0, 0.1) is 12.8 Å². The lowest BCUT2D eigenvalue weighted by Gasteiger charge is -2.32. The van der Waals surface area contributed by atoms with Crippen molar-refractivity contribution in [1.82, 2.24) is 4.90 Å². The highest BCUT2D eigenvalue weighted by molar-refractivity contribution is 7.11. The zero-order valence-electron chi connectivity index (χ0n) is 10.5. The van der Waals surface area contributed by atoms with E-state index in [4.69, 9.17) is 5.73 Å². The Morgan fingerprint density at radius 3 is 2.94 bits per heavy atom. The second kappa shape index (κ2) is 7.37. The minimum atomic E-state index is 0. The van der Waals surface area contributed by atoms with Crippen LogP contribution in [0.3, 0.4) is 0 Å². The monoisotopic (exact) mass is 274 g/mol. The fourth-order valence-electron chi connectivity index (χ4n) is 2.56. The number of nitrogens with two attached hydrogens (primary N) is 1. The second-order valence-corrected chi connectivity index (χ2v) is 6.21. The summed E-state index contributed by atoms with van der Waals surface area (Å²) in [6.45, 7) is 6.67. The van der Waals surface area contributed by atoms with Crippen LogP contribution in [0.2, 0.25) is 0 Å². The summed E-state index contributed by atoms with van der Waals surface area (Å²) < 4.78 is 0. The van der Waals surface area contributed by atoms with Crippen LogP contribution in [0.1, 0.15) is 29.0 Å². The van der Waals surface area contributed by atoms with Gasteiger partial charge in [-0.1, -0.05) is 0 Å². The van der Waals surface area contributed by atoms with E-state index in [0.717, 1.165) is 19.0 Å². The van der Waals surface area contributed by atoms with Crippen LogP contribution >= 0.6 is 23.7 Å². The predicted molar refractivity (Wildman–Crippen MR) is 78.0 cm³/mol. The molecule has 1 saturated heterocycles. The van der Waals surface area contributed by atoms with Crippen molar-refractivity contribution in [3.05, 3.63) is 21.9 Å². The maximum absolute atomic E-state index is 5.64. The summed E-state index contributed by atoms with van der Waals surface area (Å²) in [6, 6.07) is 4.49. The van der Waals surface area contributed by atoms with Gasteiger partial charge in [-0.05, 0) is 57.3 Å². The average Bonchev–Trinajstić information content (AvgIpc) is 2.65. The second-order valence-electron chi connectivity index (χ2n) is 4.83. The van der Waals surface area contributed by atoms with Gasteiger partial charge in [0.05, 0.1) is 0 Å². The van der Waals surface area contributed by atoms with E-state index in [1.165, 1.54) is 42.1 Å². The number of nitrogens with zero attached hydrogens (tertiary/aromatic N) is 1. The fraction of sp³-hybridized carbons (Fsp3) is 0.692. The van der Waals surface area contributed by atoms with Crippen molar-refractivity contribution in [3.63, 3.8) is 0 Å². The quantitative estimate of drug-likeness (QED) is 0.914. The van der Waals surface area contributed by atoms with Crippen molar-refractivity contribution < 1.29 is 0 Å². The van der Waals surface area contributed by atoms with E-state index >= 15 is 0 Å². The highest BCUT2D eigenvalue weighted by Gasteiger charge is 2.19. The van der Waals surface area contributed by atoms with E-state index < -0.39 is 0 Å². The van der Waals surface area contributed by atoms with E-state index in [-0.39, 0.29) is 12.4 Å². The van der Waals surface area contributed by atoms with Gasteiger partial charge in [-0.25, -0.2) is 0 Å². The topological polar surface area (TPSA) is 29.3 Å². The highest BCUT2D eigenvalue weighted by atomic mass is 35.5. The maximum atomic E-state index is 5.64. The first kappa shape index (κ1) is 15.0. The summed E-state index contributed by atoms with van der Waals surface area (Å²) in [5.74, 6) is 0.833. The van der Waals surface area contributed by atoms with Gasteiger partial charge < -0.3 is 5.73 Å². The van der Waals surface area contributed by atoms with Crippen LogP contribution in [-0.4, -0.2) is 24.5 Å². The molecule has 98 valence electrons. The van der Waals surface area contributed by atoms with Gasteiger partial charge in [-0.15, -0.1) is 23.7 Å². The summed E-state index contributed by atoms with van der Waals surface area (Å²) in [4.78, 5) is 5.52. The first-order chi connectivity index (χ1) is 7.78. The van der Waals surface area contributed by atoms with Gasteiger partial charge >= 0.3 is 0 Å². The molecule has 1 atom stereocenters. The number of halogens is 1. The molecule has 0 radical (unpaired) electrons. The standard InChI is InChI=1S/C13H22N2S.ClH/c1-11-4-5-13(16-11)10-15-8-2-3-12(9-15)6-7-14;/h4-5,12H,2-3,6-10,14H2,1H3;1H. The minimum Gasteiger partial charge on any atom is -0.330 e. The molecular formula is C13H23ClN2S. The van der Waals surface area contributed by atoms with E-state index in [9.17, 15) is 0 Å². The van der Waals surface area contributed by atoms with Crippen LogP contribution in [0.15, 0.2) is 12.1 Å². The zero-order valence-corrected chi connectivity index (χ0v) is 12.2. The molecule has 0 bridgehead atoms. The van der Waals surface area contributed by atoms with Crippen LogP contribution in [-0.2, 0) is 6.54 Å². The highest BCUT2D eigenvalue weighted by Crippen LogP contribution is 2.23. The largest absolute Gasteiger partial charge is 0.330 e. The molecule has 0 spiro atoms. The van der Waals surface area contributed by atoms with Crippen molar-refractivity contribution in [1.29, 1.82) is 0 Å². The van der Waals surface area contributed by atoms with Gasteiger partial charge in [-0.3, -0.25) is 4.90 Å². The average molecular weight is 275 g/mol. The smallest absolute Gasteiger partial charge is 0.0328 e. The summed E-state index contributed by atoms with van der Waals surface area (Å²) in [5.41, 5.74) is 5.64. The first-order valence-corrected chi connectivity index (χ1v) is 7.07. The molecule has 4 heteroatoms. The first-order valence-electron chi connectivity index (χ1n) is 6.25. The SMILES string of the molecule is Cc1ccc(CN2CCCC(CCN)C2)s1.Cl. The van der Waals surface area contributed by atoms with Crippen molar-refractivity contribution in [2.24, 2.45) is 11.7 Å². The Labute approximate surface area is 115 Å². The number of hydrogen-bond donors (Lipinski definition) is 1. The number of thiophene rings is 1. The van der Waals surface area contributed by atoms with E-state index in [0.29, 0.717) is 0 Å². The van der Waals surface area contributed by atoms with Crippen LogP contribution < -0.4 is 5.73 Å². The number of likely N-dealkylation sites (tertiary alicyclic amines) is 1. The molecule has 0 aromatic carbocycles.